The third-order valence-electron chi connectivity index (χ3n) is 10.6. The van der Waals surface area contributed by atoms with Gasteiger partial charge in [0.25, 0.3) is 0 Å². The van der Waals surface area contributed by atoms with Crippen LogP contribution < -0.4 is 91.9 Å². The molecule has 0 saturated heterocycles. The SMILES string of the molecule is C.CN(C)c1cc(Nc2[c-]ccc(S(=O)(=O)[O-])c2)nc(NCCNS(C)(=O)=O)n1.CS(=O)(=O)[O-].CS(N)(=O)=O.O=S(=O)=O.[Cu+2].[Li+].[Li+].[Li+].c1ccc2c(c1)-c1nc-2nc2[n-]c(nc3nc(nc4[n-]c(n1)c1ccccc41)-c1ccccc1-3)c1ccccc21. The molecule has 0 spiro atoms. The summed E-state index contributed by atoms with van der Waals surface area (Å²) in [4.78, 5) is 49.2. The van der Waals surface area contributed by atoms with E-state index in [-0.39, 0.29) is 111 Å². The molecule has 2 aliphatic rings. The first-order valence-electron chi connectivity index (χ1n) is 23.2. The Morgan fingerprint density at radius 1 is 0.563 bits per heavy atom. The Labute approximate surface area is 549 Å². The summed E-state index contributed by atoms with van der Waals surface area (Å²) < 4.78 is 129. The van der Waals surface area contributed by atoms with Crippen LogP contribution in [-0.2, 0) is 68.0 Å². The van der Waals surface area contributed by atoms with Gasteiger partial charge in [-0.1, -0.05) is 115 Å². The fourth-order valence-corrected chi connectivity index (χ4v) is 8.46. The number of benzene rings is 5. The summed E-state index contributed by atoms with van der Waals surface area (Å²) in [6.45, 7) is 0.397. The van der Waals surface area contributed by atoms with Crippen LogP contribution in [0.2, 0.25) is 0 Å². The molecule has 0 fully saturated rings. The summed E-state index contributed by atoms with van der Waals surface area (Å²) in [7, 11) is -14.5. The predicted octanol–water partition coefficient (Wildman–Crippen LogP) is -5.21. The Hall–Kier alpha value is -6.49. The molecular weight excluding hydrogens is 1260 g/mol. The molecule has 0 atom stereocenters. The zero-order valence-electron chi connectivity index (χ0n) is 46.6. The third kappa shape index (κ3) is 22.6. The fourth-order valence-electron chi connectivity index (χ4n) is 7.49. The first-order valence-corrected chi connectivity index (χ1v) is 31.3. The van der Waals surface area contributed by atoms with Gasteiger partial charge in [-0.05, 0) is 21.5 Å². The smallest absolute Gasteiger partial charge is 0.748 e. The van der Waals surface area contributed by atoms with Crippen LogP contribution in [0.1, 0.15) is 7.43 Å². The molecule has 5 aromatic carbocycles. The molecule has 2 aliphatic heterocycles. The molecule has 5 N–H and O–H groups in total. The van der Waals surface area contributed by atoms with Crippen molar-refractivity contribution in [1.29, 1.82) is 0 Å². The normalized spacial score (nSPS) is 10.9. The van der Waals surface area contributed by atoms with E-state index in [1.165, 1.54) is 6.07 Å². The summed E-state index contributed by atoms with van der Waals surface area (Å²) in [5, 5.41) is 13.7. The molecule has 0 unspecified atom stereocenters. The van der Waals surface area contributed by atoms with Crippen LogP contribution in [0.3, 0.4) is 0 Å². The topological polar surface area (TPSA) is 431 Å². The van der Waals surface area contributed by atoms with Gasteiger partial charge in [0.1, 0.15) is 21.8 Å². The van der Waals surface area contributed by atoms with Crippen molar-refractivity contribution in [1.82, 2.24) is 54.6 Å². The van der Waals surface area contributed by atoms with Crippen LogP contribution in [0.25, 0.3) is 89.7 Å². The Kier molecular flexibility index (Phi) is 28.8. The molecular formula is C50H48CuLi3N15O13S5. The van der Waals surface area contributed by atoms with Crippen molar-refractivity contribution < 1.29 is 129 Å². The van der Waals surface area contributed by atoms with Gasteiger partial charge >= 0.3 is 84.3 Å². The average Bonchev–Trinajstić information content (AvgIpc) is 1.69. The number of primary sulfonamides is 1. The second-order valence-electron chi connectivity index (χ2n) is 17.3. The minimum Gasteiger partial charge on any atom is -0.748 e. The number of fused-ring (bicyclic) bond motifs is 20. The maximum Gasteiger partial charge on any atom is 2.00 e. The van der Waals surface area contributed by atoms with Crippen molar-refractivity contribution in [2.24, 2.45) is 5.14 Å². The van der Waals surface area contributed by atoms with Crippen LogP contribution in [0.4, 0.5) is 23.3 Å². The molecule has 6 heterocycles. The van der Waals surface area contributed by atoms with Crippen molar-refractivity contribution in [3.05, 3.63) is 127 Å². The average molecular weight is 1310 g/mol. The van der Waals surface area contributed by atoms with E-state index in [1.807, 2.05) is 97.1 Å². The number of aromatic nitrogens is 10. The molecule has 445 valence electrons. The molecule has 0 aliphatic carbocycles. The Bertz CT molecular complexity index is 4320. The molecule has 9 aromatic rings. The van der Waals surface area contributed by atoms with Crippen molar-refractivity contribution in [2.45, 2.75) is 12.3 Å². The number of hydrogen-bond donors (Lipinski definition) is 4. The molecule has 8 bridgehead atoms. The number of hydrogen-bond acceptors (Lipinski definition) is 24. The first kappa shape index (κ1) is 76.6. The van der Waals surface area contributed by atoms with Crippen LogP contribution >= 0.6 is 0 Å². The van der Waals surface area contributed by atoms with Crippen LogP contribution in [0.5, 0.6) is 0 Å². The summed E-state index contributed by atoms with van der Waals surface area (Å²) in [6, 6.07) is 39.9. The molecule has 4 aromatic heterocycles. The molecule has 87 heavy (non-hydrogen) atoms. The maximum atomic E-state index is 11.2. The van der Waals surface area contributed by atoms with Gasteiger partial charge < -0.3 is 54.5 Å². The quantitative estimate of drug-likeness (QED) is 0.0454. The molecule has 37 heteroatoms. The summed E-state index contributed by atoms with van der Waals surface area (Å²) >= 11 is 0. The van der Waals surface area contributed by atoms with Gasteiger partial charge in [0.15, 0.2) is 0 Å². The van der Waals surface area contributed by atoms with Gasteiger partial charge in [0.05, 0.1) is 45.9 Å². The Balaban J connectivity index is 0.000000483. The molecule has 28 nitrogen and oxygen atoms in total. The maximum absolute atomic E-state index is 11.2. The van der Waals surface area contributed by atoms with E-state index in [0.717, 1.165) is 68.4 Å². The van der Waals surface area contributed by atoms with E-state index in [4.69, 9.17) is 65.5 Å². The van der Waals surface area contributed by atoms with Gasteiger partial charge in [-0.3, -0.25) is 0 Å². The van der Waals surface area contributed by atoms with Gasteiger partial charge in [-0.2, -0.15) is 28.2 Å². The fraction of sp³-hybridized carbons (Fsp3) is 0.160. The van der Waals surface area contributed by atoms with Crippen molar-refractivity contribution in [3.63, 3.8) is 0 Å². The van der Waals surface area contributed by atoms with Crippen molar-refractivity contribution >= 4 is 118 Å². The van der Waals surface area contributed by atoms with Crippen LogP contribution in [0.15, 0.2) is 126 Å². The van der Waals surface area contributed by atoms with Gasteiger partial charge in [-0.25, -0.2) is 53.5 Å². The van der Waals surface area contributed by atoms with E-state index in [2.05, 4.69) is 36.5 Å². The third-order valence-corrected chi connectivity index (χ3v) is 12.2. The number of nitrogens with one attached hydrogen (secondary N) is 3. The molecule has 1 radical (unpaired) electrons. The minimum atomic E-state index is -4.59. The van der Waals surface area contributed by atoms with Gasteiger partial charge in [0.2, 0.25) is 26.0 Å². The predicted molar refractivity (Wildman–Crippen MR) is 309 cm³/mol. The van der Waals surface area contributed by atoms with Gasteiger partial charge in [-0.15, -0.1) is 18.7 Å². The van der Waals surface area contributed by atoms with E-state index in [1.54, 1.807) is 25.1 Å². The zero-order chi connectivity index (χ0) is 59.7. The standard InChI is InChI=1S/C32H16N8.C15H21N6O5S2.CH5NO2S.CH4O3S.CH4.Cu.3Li.O3S/c1-2-10-18-17(9-1)25-33-26(18)38-28-21-13-5-6-14-22(21)30(35-28)40-32-24-16-8-7-15-23(24)31(36-32)39-29-20-12-4-3-11-19(20)27(34-29)37-25;1-21(2)14-10-13(18-11-5-4-6-12(9-11)28(24,25)26)19-15(20-14)16-7-8-17-27(3,22)23;2*1-5(2,3)4;;;;;;1-4(2)3/h1-16H;4,6,9-10,17H,7-8H2,1-3H3,(H,24,25,26)(H2,16,18,19,20);1H3,(H2,2,3,4);1H3,(H,2,3,4);1H4;;;;;/q-2;-1;;;;+2;3*+1;/p-2. The van der Waals surface area contributed by atoms with E-state index in [9.17, 15) is 29.8 Å². The Morgan fingerprint density at radius 3 is 1.23 bits per heavy atom. The number of anilines is 4. The zero-order valence-corrected chi connectivity index (χ0v) is 51.6. The van der Waals surface area contributed by atoms with E-state index < -0.39 is 50.9 Å². The van der Waals surface area contributed by atoms with Crippen LogP contribution in [-0.4, -0.2) is 141 Å². The number of nitrogens with two attached hydrogens (primary N) is 1. The molecule has 11 rings (SSSR count). The van der Waals surface area contributed by atoms with Gasteiger partial charge in [0, 0.05) is 84.3 Å². The second kappa shape index (κ2) is 32.7. The monoisotopic (exact) mass is 1310 g/mol. The number of rotatable bonds is 9. The second-order valence-corrected chi connectivity index (χ2v) is 24.0. The Morgan fingerprint density at radius 2 is 0.908 bits per heavy atom. The molecule has 0 saturated carbocycles. The number of nitrogens with zero attached hydrogens (tertiary/aromatic N) is 11. The number of sulfonamides is 2. The van der Waals surface area contributed by atoms with E-state index in [0.29, 0.717) is 63.8 Å². The summed E-state index contributed by atoms with van der Waals surface area (Å²) in [5.74, 6) is 3.31. The minimum absolute atomic E-state index is 0. The largest absolute Gasteiger partial charge is 2.00 e. The summed E-state index contributed by atoms with van der Waals surface area (Å²) in [5.41, 5.74) is 6.02. The van der Waals surface area contributed by atoms with E-state index >= 15 is 0 Å². The van der Waals surface area contributed by atoms with Crippen molar-refractivity contribution in [3.8, 4) is 45.6 Å². The first-order chi connectivity index (χ1) is 38.5. The van der Waals surface area contributed by atoms with Crippen molar-refractivity contribution in [2.75, 3.05) is 61.5 Å². The summed E-state index contributed by atoms with van der Waals surface area (Å²) in [6.07, 6.45) is 2.60. The molecule has 0 amide bonds. The van der Waals surface area contributed by atoms with Crippen LogP contribution in [0, 0.1) is 6.07 Å².